The van der Waals surface area contributed by atoms with Gasteiger partial charge in [-0.15, -0.1) is 0 Å². The van der Waals surface area contributed by atoms with Crippen molar-refractivity contribution < 1.29 is 0 Å². The number of nitrogens with one attached hydrogen (secondary N) is 1. The van der Waals surface area contributed by atoms with Crippen molar-refractivity contribution in [3.05, 3.63) is 17.5 Å². The zero-order valence-corrected chi connectivity index (χ0v) is 11.2. The molecule has 0 spiro atoms. The molecule has 2 rings (SSSR count). The summed E-state index contributed by atoms with van der Waals surface area (Å²) in [6, 6.07) is 2.90. The Labute approximate surface area is 104 Å². The highest BCUT2D eigenvalue weighted by atomic mass is 15.3. The van der Waals surface area contributed by atoms with Crippen molar-refractivity contribution in [2.75, 3.05) is 19.6 Å². The number of hydrogen-bond acceptors (Lipinski definition) is 3. The summed E-state index contributed by atoms with van der Waals surface area (Å²) in [6.07, 6.45) is 2.65. The van der Waals surface area contributed by atoms with Crippen molar-refractivity contribution in [3.63, 3.8) is 0 Å². The highest BCUT2D eigenvalue weighted by Crippen LogP contribution is 2.19. The van der Waals surface area contributed by atoms with Crippen LogP contribution in [0.25, 0.3) is 0 Å². The summed E-state index contributed by atoms with van der Waals surface area (Å²) in [6.45, 7) is 8.67. The van der Waals surface area contributed by atoms with E-state index < -0.39 is 0 Å². The molecule has 1 aromatic heterocycles. The number of rotatable bonds is 5. The topological polar surface area (TPSA) is 33.1 Å². The Balaban J connectivity index is 1.95. The van der Waals surface area contributed by atoms with Gasteiger partial charge < -0.3 is 5.32 Å². The normalized spacial score (nSPS) is 21.2. The first-order chi connectivity index (χ1) is 8.20. The van der Waals surface area contributed by atoms with E-state index in [1.54, 1.807) is 0 Å². The second-order valence-electron chi connectivity index (χ2n) is 4.97. The quantitative estimate of drug-likeness (QED) is 0.836. The molecule has 17 heavy (non-hydrogen) atoms. The van der Waals surface area contributed by atoms with Gasteiger partial charge in [-0.25, -0.2) is 0 Å². The number of likely N-dealkylation sites (N-methyl/N-ethyl adjacent to an activating group) is 1. The van der Waals surface area contributed by atoms with E-state index in [-0.39, 0.29) is 0 Å². The Hall–Kier alpha value is -0.870. The van der Waals surface area contributed by atoms with Gasteiger partial charge in [-0.05, 0) is 38.9 Å². The van der Waals surface area contributed by atoms with E-state index in [9.17, 15) is 0 Å². The maximum atomic E-state index is 4.41. The van der Waals surface area contributed by atoms with Crippen LogP contribution in [0.4, 0.5) is 0 Å². The monoisotopic (exact) mass is 236 g/mol. The second-order valence-corrected chi connectivity index (χ2v) is 4.97. The summed E-state index contributed by atoms with van der Waals surface area (Å²) in [7, 11) is 2.04. The van der Waals surface area contributed by atoms with E-state index in [0.29, 0.717) is 6.04 Å². The molecule has 0 aliphatic carbocycles. The van der Waals surface area contributed by atoms with E-state index in [4.69, 9.17) is 0 Å². The summed E-state index contributed by atoms with van der Waals surface area (Å²) in [5, 5.41) is 7.88. The van der Waals surface area contributed by atoms with Crippen LogP contribution in [0.5, 0.6) is 0 Å². The summed E-state index contributed by atoms with van der Waals surface area (Å²) >= 11 is 0. The third-order valence-electron chi connectivity index (χ3n) is 3.59. The Morgan fingerprint density at radius 3 is 3.00 bits per heavy atom. The molecule has 0 amide bonds. The molecule has 1 atom stereocenters. The molecule has 96 valence electrons. The standard InChI is InChI=1S/C13H24N4/c1-4-14-9-12-6-5-7-17(12)10-13-8-11(2)15-16(13)3/h8,12,14H,4-7,9-10H2,1-3H3. The second kappa shape index (κ2) is 5.65. The van der Waals surface area contributed by atoms with Crippen LogP contribution in [-0.2, 0) is 13.6 Å². The van der Waals surface area contributed by atoms with Crippen LogP contribution in [0.2, 0.25) is 0 Å². The molecule has 1 aromatic rings. The van der Waals surface area contributed by atoms with Crippen LogP contribution in [0.3, 0.4) is 0 Å². The van der Waals surface area contributed by atoms with Gasteiger partial charge in [-0.1, -0.05) is 6.92 Å². The summed E-state index contributed by atoms with van der Waals surface area (Å²) < 4.78 is 2.01. The van der Waals surface area contributed by atoms with Gasteiger partial charge in [0.2, 0.25) is 0 Å². The van der Waals surface area contributed by atoms with E-state index in [2.05, 4.69) is 35.2 Å². The lowest BCUT2D eigenvalue weighted by molar-refractivity contribution is 0.234. The number of likely N-dealkylation sites (tertiary alicyclic amines) is 1. The Bertz CT molecular complexity index is 358. The first-order valence-electron chi connectivity index (χ1n) is 6.65. The summed E-state index contributed by atoms with van der Waals surface area (Å²) in [4.78, 5) is 2.58. The van der Waals surface area contributed by atoms with Crippen LogP contribution >= 0.6 is 0 Å². The van der Waals surface area contributed by atoms with E-state index in [1.165, 1.54) is 25.1 Å². The summed E-state index contributed by atoms with van der Waals surface area (Å²) in [5.74, 6) is 0. The number of hydrogen-bond donors (Lipinski definition) is 1. The lowest BCUT2D eigenvalue weighted by atomic mass is 10.2. The Morgan fingerprint density at radius 1 is 1.53 bits per heavy atom. The van der Waals surface area contributed by atoms with Crippen LogP contribution in [0.15, 0.2) is 6.07 Å². The molecule has 1 saturated heterocycles. The van der Waals surface area contributed by atoms with Crippen molar-refractivity contribution in [2.24, 2.45) is 7.05 Å². The lowest BCUT2D eigenvalue weighted by Gasteiger charge is -2.24. The van der Waals surface area contributed by atoms with Crippen LogP contribution in [0.1, 0.15) is 31.2 Å². The third kappa shape index (κ3) is 3.07. The lowest BCUT2D eigenvalue weighted by Crippen LogP contribution is -2.37. The maximum Gasteiger partial charge on any atom is 0.0597 e. The number of aromatic nitrogens is 2. The van der Waals surface area contributed by atoms with Crippen LogP contribution in [0, 0.1) is 6.92 Å². The molecular weight excluding hydrogens is 212 g/mol. The fourth-order valence-electron chi connectivity index (χ4n) is 2.67. The highest BCUT2D eigenvalue weighted by molar-refractivity contribution is 5.09. The van der Waals surface area contributed by atoms with Crippen LogP contribution in [-0.4, -0.2) is 40.4 Å². The van der Waals surface area contributed by atoms with Gasteiger partial charge in [0.1, 0.15) is 0 Å². The van der Waals surface area contributed by atoms with Gasteiger partial charge in [0.25, 0.3) is 0 Å². The molecule has 0 aromatic carbocycles. The summed E-state index contributed by atoms with van der Waals surface area (Å²) in [5.41, 5.74) is 2.44. The van der Waals surface area contributed by atoms with Crippen LogP contribution < -0.4 is 5.32 Å². The predicted octanol–water partition coefficient (Wildman–Crippen LogP) is 1.30. The van der Waals surface area contributed by atoms with Crippen molar-refractivity contribution in [3.8, 4) is 0 Å². The fourth-order valence-corrected chi connectivity index (χ4v) is 2.67. The molecule has 1 aliphatic rings. The van der Waals surface area contributed by atoms with Gasteiger partial charge in [0, 0.05) is 26.2 Å². The molecule has 1 unspecified atom stereocenters. The van der Waals surface area contributed by atoms with Gasteiger partial charge in [0.15, 0.2) is 0 Å². The SMILES string of the molecule is CCNCC1CCCN1Cc1cc(C)nn1C. The van der Waals surface area contributed by atoms with Crippen molar-refractivity contribution >= 4 is 0 Å². The molecule has 2 heterocycles. The predicted molar refractivity (Wildman–Crippen MR) is 69.9 cm³/mol. The average molecular weight is 236 g/mol. The molecule has 0 bridgehead atoms. The van der Waals surface area contributed by atoms with Crippen molar-refractivity contribution in [2.45, 2.75) is 39.3 Å². The minimum absolute atomic E-state index is 0.699. The van der Waals surface area contributed by atoms with Crippen molar-refractivity contribution in [1.82, 2.24) is 20.0 Å². The van der Waals surface area contributed by atoms with Gasteiger partial charge in [0.05, 0.1) is 11.4 Å². The van der Waals surface area contributed by atoms with E-state index >= 15 is 0 Å². The van der Waals surface area contributed by atoms with Gasteiger partial charge in [-0.2, -0.15) is 5.10 Å². The highest BCUT2D eigenvalue weighted by Gasteiger charge is 2.24. The average Bonchev–Trinajstić information content (AvgIpc) is 2.84. The smallest absolute Gasteiger partial charge is 0.0597 e. The van der Waals surface area contributed by atoms with E-state index in [0.717, 1.165) is 25.3 Å². The molecule has 0 saturated carbocycles. The zero-order valence-electron chi connectivity index (χ0n) is 11.2. The molecule has 4 heteroatoms. The molecule has 1 fully saturated rings. The molecule has 0 radical (unpaired) electrons. The number of aryl methyl sites for hydroxylation is 2. The maximum absolute atomic E-state index is 4.41. The third-order valence-corrected chi connectivity index (χ3v) is 3.59. The minimum atomic E-state index is 0.699. The van der Waals surface area contributed by atoms with Gasteiger partial charge in [-0.3, -0.25) is 9.58 Å². The minimum Gasteiger partial charge on any atom is -0.315 e. The van der Waals surface area contributed by atoms with Gasteiger partial charge >= 0.3 is 0 Å². The van der Waals surface area contributed by atoms with Crippen molar-refractivity contribution in [1.29, 1.82) is 0 Å². The molecule has 1 N–H and O–H groups in total. The molecule has 4 nitrogen and oxygen atoms in total. The fraction of sp³-hybridized carbons (Fsp3) is 0.769. The number of nitrogens with zero attached hydrogens (tertiary/aromatic N) is 3. The molecule has 1 aliphatic heterocycles. The Kier molecular flexibility index (Phi) is 4.18. The largest absolute Gasteiger partial charge is 0.315 e. The zero-order chi connectivity index (χ0) is 12.3. The molecular formula is C13H24N4. The van der Waals surface area contributed by atoms with E-state index in [1.807, 2.05) is 11.7 Å². The first-order valence-corrected chi connectivity index (χ1v) is 6.65. The Morgan fingerprint density at radius 2 is 2.35 bits per heavy atom. The first kappa shape index (κ1) is 12.6.